The molecule has 9 heteroatoms. The molecular formula is C17H11N3O6. The first-order valence-electron chi connectivity index (χ1n) is 7.36. The number of hydrogen-bond donors (Lipinski definition) is 0. The summed E-state index contributed by atoms with van der Waals surface area (Å²) in [5.74, 6) is -0.366. The Labute approximate surface area is 146 Å². The van der Waals surface area contributed by atoms with Gasteiger partial charge in [-0.3, -0.25) is 14.9 Å². The number of aromatic nitrogens is 2. The largest absolute Gasteiger partial charge is 0.452 e. The molecule has 26 heavy (non-hydrogen) atoms. The number of nitro groups is 1. The molecule has 0 bridgehead atoms. The third-order valence-electron chi connectivity index (χ3n) is 3.40. The molecule has 0 N–H and O–H groups in total. The van der Waals surface area contributed by atoms with Gasteiger partial charge in [0, 0.05) is 23.3 Å². The molecule has 0 aliphatic carbocycles. The summed E-state index contributed by atoms with van der Waals surface area (Å²) in [6, 6.07) is 11.6. The Morgan fingerprint density at radius 1 is 1.12 bits per heavy atom. The second-order valence-corrected chi connectivity index (χ2v) is 5.12. The maximum atomic E-state index is 11.9. The van der Waals surface area contributed by atoms with Crippen molar-refractivity contribution in [1.29, 1.82) is 0 Å². The van der Waals surface area contributed by atoms with E-state index in [1.807, 2.05) is 0 Å². The van der Waals surface area contributed by atoms with Crippen molar-refractivity contribution in [2.45, 2.75) is 6.61 Å². The quantitative estimate of drug-likeness (QED) is 0.286. The normalized spacial score (nSPS) is 10.3. The van der Waals surface area contributed by atoms with Gasteiger partial charge in [0.05, 0.1) is 10.5 Å². The third-order valence-corrected chi connectivity index (χ3v) is 3.40. The molecule has 0 fully saturated rings. The predicted molar refractivity (Wildman–Crippen MR) is 87.3 cm³/mol. The monoisotopic (exact) mass is 353 g/mol. The topological polar surface area (TPSA) is 125 Å². The van der Waals surface area contributed by atoms with E-state index in [0.717, 1.165) is 0 Å². The van der Waals surface area contributed by atoms with Crippen LogP contribution < -0.4 is 0 Å². The standard InChI is InChI=1S/C17H11N3O6/c21-9-11-1-3-13(4-2-11)17(22)25-10-15-18-19-16(26-15)12-5-7-14(8-6-12)20(23)24/h1-9H,10H2. The van der Waals surface area contributed by atoms with E-state index in [2.05, 4.69) is 10.2 Å². The van der Waals surface area contributed by atoms with Gasteiger partial charge in [-0.1, -0.05) is 12.1 Å². The number of esters is 1. The lowest BCUT2D eigenvalue weighted by Gasteiger charge is -2.02. The number of hydrogen-bond acceptors (Lipinski definition) is 8. The molecule has 0 saturated carbocycles. The van der Waals surface area contributed by atoms with Crippen molar-refractivity contribution in [2.75, 3.05) is 0 Å². The summed E-state index contributed by atoms with van der Waals surface area (Å²) in [6.45, 7) is -0.228. The van der Waals surface area contributed by atoms with Crippen molar-refractivity contribution in [2.24, 2.45) is 0 Å². The van der Waals surface area contributed by atoms with E-state index in [0.29, 0.717) is 17.4 Å². The second-order valence-electron chi connectivity index (χ2n) is 5.12. The van der Waals surface area contributed by atoms with Crippen molar-refractivity contribution in [3.63, 3.8) is 0 Å². The minimum atomic E-state index is -0.600. The van der Waals surface area contributed by atoms with E-state index in [1.165, 1.54) is 48.5 Å². The lowest BCUT2D eigenvalue weighted by atomic mass is 10.1. The number of benzene rings is 2. The summed E-state index contributed by atoms with van der Waals surface area (Å²) in [7, 11) is 0. The molecule has 0 atom stereocenters. The molecule has 9 nitrogen and oxygen atoms in total. The summed E-state index contributed by atoms with van der Waals surface area (Å²) in [5.41, 5.74) is 1.19. The molecule has 0 aliphatic heterocycles. The zero-order chi connectivity index (χ0) is 18.5. The van der Waals surface area contributed by atoms with Gasteiger partial charge in [-0.25, -0.2) is 4.79 Å². The predicted octanol–water partition coefficient (Wildman–Crippen LogP) is 2.81. The minimum Gasteiger partial charge on any atom is -0.452 e. The number of nitro benzene ring substituents is 1. The van der Waals surface area contributed by atoms with Gasteiger partial charge in [0.15, 0.2) is 6.61 Å². The van der Waals surface area contributed by atoms with Crippen molar-refractivity contribution in [3.05, 3.63) is 75.7 Å². The Morgan fingerprint density at radius 3 is 2.42 bits per heavy atom. The van der Waals surface area contributed by atoms with Crippen LogP contribution >= 0.6 is 0 Å². The average molecular weight is 353 g/mol. The Hall–Kier alpha value is -3.88. The summed E-state index contributed by atoms with van der Waals surface area (Å²) in [4.78, 5) is 32.7. The molecule has 1 aromatic heterocycles. The SMILES string of the molecule is O=Cc1ccc(C(=O)OCc2nnc(-c3ccc([N+](=O)[O-])cc3)o2)cc1. The highest BCUT2D eigenvalue weighted by atomic mass is 16.6. The fourth-order valence-electron chi connectivity index (χ4n) is 2.06. The number of carbonyl (C=O) groups is 2. The second kappa shape index (κ2) is 7.34. The smallest absolute Gasteiger partial charge is 0.338 e. The Balaban J connectivity index is 1.63. The van der Waals surface area contributed by atoms with E-state index in [-0.39, 0.29) is 29.6 Å². The van der Waals surface area contributed by atoms with Gasteiger partial charge in [-0.15, -0.1) is 10.2 Å². The van der Waals surface area contributed by atoms with Crippen LogP contribution in [0.25, 0.3) is 11.5 Å². The van der Waals surface area contributed by atoms with E-state index in [1.54, 1.807) is 0 Å². The molecule has 2 aromatic carbocycles. The summed E-state index contributed by atoms with van der Waals surface area (Å²) in [6.07, 6.45) is 0.674. The van der Waals surface area contributed by atoms with Crippen LogP contribution in [0.2, 0.25) is 0 Å². The maximum absolute atomic E-state index is 11.9. The molecule has 0 unspecified atom stereocenters. The number of ether oxygens (including phenoxy) is 1. The van der Waals surface area contributed by atoms with Crippen LogP contribution in [0.4, 0.5) is 5.69 Å². The number of carbonyl (C=O) groups excluding carboxylic acids is 2. The van der Waals surface area contributed by atoms with Gasteiger partial charge in [0.25, 0.3) is 11.6 Å². The van der Waals surface area contributed by atoms with E-state index in [4.69, 9.17) is 9.15 Å². The molecule has 1 heterocycles. The molecule has 0 radical (unpaired) electrons. The maximum Gasteiger partial charge on any atom is 0.338 e. The molecule has 3 aromatic rings. The minimum absolute atomic E-state index is 0.0528. The Bertz CT molecular complexity index is 947. The van der Waals surface area contributed by atoms with Crippen molar-refractivity contribution in [1.82, 2.24) is 10.2 Å². The van der Waals surface area contributed by atoms with Gasteiger partial charge in [-0.2, -0.15) is 0 Å². The molecule has 0 spiro atoms. The van der Waals surface area contributed by atoms with Crippen LogP contribution in [0.5, 0.6) is 0 Å². The van der Waals surface area contributed by atoms with E-state index < -0.39 is 10.9 Å². The van der Waals surface area contributed by atoms with Crippen molar-refractivity contribution < 1.29 is 23.7 Å². The molecule has 0 amide bonds. The first-order chi connectivity index (χ1) is 12.6. The fourth-order valence-corrected chi connectivity index (χ4v) is 2.06. The number of non-ortho nitro benzene ring substituents is 1. The van der Waals surface area contributed by atoms with Gasteiger partial charge >= 0.3 is 5.97 Å². The lowest BCUT2D eigenvalue weighted by Crippen LogP contribution is -2.05. The van der Waals surface area contributed by atoms with Crippen LogP contribution in [-0.4, -0.2) is 27.4 Å². The fraction of sp³-hybridized carbons (Fsp3) is 0.0588. The zero-order valence-corrected chi connectivity index (χ0v) is 13.2. The van der Waals surface area contributed by atoms with Gasteiger partial charge in [-0.05, 0) is 24.3 Å². The van der Waals surface area contributed by atoms with E-state index in [9.17, 15) is 19.7 Å². The number of rotatable bonds is 6. The van der Waals surface area contributed by atoms with Crippen molar-refractivity contribution in [3.8, 4) is 11.5 Å². The Kier molecular flexibility index (Phi) is 4.79. The first-order valence-corrected chi connectivity index (χ1v) is 7.36. The molecule has 130 valence electrons. The third kappa shape index (κ3) is 3.78. The highest BCUT2D eigenvalue weighted by Gasteiger charge is 2.13. The van der Waals surface area contributed by atoms with Crippen LogP contribution in [0.1, 0.15) is 26.6 Å². The van der Waals surface area contributed by atoms with Crippen LogP contribution in [0.3, 0.4) is 0 Å². The average Bonchev–Trinajstić information content (AvgIpc) is 3.15. The first kappa shape index (κ1) is 17.0. The van der Waals surface area contributed by atoms with Crippen LogP contribution in [-0.2, 0) is 11.3 Å². The molecule has 3 rings (SSSR count). The molecular weight excluding hydrogens is 342 g/mol. The van der Waals surface area contributed by atoms with E-state index >= 15 is 0 Å². The molecule has 0 aliphatic rings. The number of aldehydes is 1. The van der Waals surface area contributed by atoms with Crippen LogP contribution in [0.15, 0.2) is 52.9 Å². The summed E-state index contributed by atoms with van der Waals surface area (Å²) < 4.78 is 10.5. The molecule has 0 saturated heterocycles. The van der Waals surface area contributed by atoms with Crippen LogP contribution in [0, 0.1) is 10.1 Å². The van der Waals surface area contributed by atoms with Gasteiger partial charge in [0.1, 0.15) is 6.29 Å². The zero-order valence-electron chi connectivity index (χ0n) is 13.2. The van der Waals surface area contributed by atoms with Gasteiger partial charge in [0.2, 0.25) is 5.89 Å². The van der Waals surface area contributed by atoms with Gasteiger partial charge < -0.3 is 9.15 Å². The highest BCUT2D eigenvalue weighted by Crippen LogP contribution is 2.21. The number of nitrogens with zero attached hydrogens (tertiary/aromatic N) is 3. The lowest BCUT2D eigenvalue weighted by molar-refractivity contribution is -0.384. The Morgan fingerprint density at radius 2 is 1.81 bits per heavy atom. The summed E-state index contributed by atoms with van der Waals surface area (Å²) in [5, 5.41) is 18.2. The van der Waals surface area contributed by atoms with Crippen molar-refractivity contribution >= 4 is 17.9 Å². The summed E-state index contributed by atoms with van der Waals surface area (Å²) >= 11 is 0. The highest BCUT2D eigenvalue weighted by molar-refractivity contribution is 5.90.